The van der Waals surface area contributed by atoms with E-state index < -0.39 is 0 Å². The summed E-state index contributed by atoms with van der Waals surface area (Å²) in [5.41, 5.74) is 2.30. The first-order chi connectivity index (χ1) is 9.39. The van der Waals surface area contributed by atoms with E-state index in [9.17, 15) is 9.90 Å². The maximum Gasteiger partial charge on any atom is 0.230 e. The molecule has 1 aromatic carbocycles. The van der Waals surface area contributed by atoms with Gasteiger partial charge in [-0.1, -0.05) is 43.7 Å². The third-order valence-electron chi connectivity index (χ3n) is 4.14. The predicted octanol–water partition coefficient (Wildman–Crippen LogP) is 2.50. The van der Waals surface area contributed by atoms with Crippen LogP contribution in [0.4, 0.5) is 0 Å². The van der Waals surface area contributed by atoms with Gasteiger partial charge in [0.2, 0.25) is 5.91 Å². The zero-order chi connectivity index (χ0) is 14.8. The SMILES string of the molecule is Cc1cccc(CSCC(=O)NC2CC(O)C2(C)C)c1. The predicted molar refractivity (Wildman–Crippen MR) is 83.7 cm³/mol. The minimum atomic E-state index is -0.298. The van der Waals surface area contributed by atoms with Gasteiger partial charge >= 0.3 is 0 Å². The number of rotatable bonds is 5. The third kappa shape index (κ3) is 3.55. The van der Waals surface area contributed by atoms with Crippen molar-refractivity contribution < 1.29 is 9.90 Å². The third-order valence-corrected chi connectivity index (χ3v) is 5.14. The average molecular weight is 293 g/mol. The molecule has 1 amide bonds. The zero-order valence-corrected chi connectivity index (χ0v) is 13.2. The lowest BCUT2D eigenvalue weighted by atomic mass is 9.64. The molecule has 20 heavy (non-hydrogen) atoms. The normalized spacial score (nSPS) is 24.0. The van der Waals surface area contributed by atoms with E-state index in [-0.39, 0.29) is 23.5 Å². The van der Waals surface area contributed by atoms with Crippen molar-refractivity contribution in [3.8, 4) is 0 Å². The minimum absolute atomic E-state index is 0.0626. The van der Waals surface area contributed by atoms with Crippen molar-refractivity contribution in [3.63, 3.8) is 0 Å². The van der Waals surface area contributed by atoms with Crippen molar-refractivity contribution in [2.24, 2.45) is 5.41 Å². The molecule has 2 rings (SSSR count). The first-order valence-electron chi connectivity index (χ1n) is 7.00. The molecule has 0 aromatic heterocycles. The van der Waals surface area contributed by atoms with Crippen LogP contribution in [0.25, 0.3) is 0 Å². The Morgan fingerprint density at radius 1 is 1.50 bits per heavy atom. The number of benzene rings is 1. The standard InChI is InChI=1S/C16H23NO2S/c1-11-5-4-6-12(7-11)9-20-10-15(19)17-13-8-14(18)16(13,2)3/h4-7,13-14,18H,8-10H2,1-3H3,(H,17,19). The van der Waals surface area contributed by atoms with Crippen molar-refractivity contribution in [2.45, 2.75) is 45.1 Å². The fourth-order valence-electron chi connectivity index (χ4n) is 2.45. The summed E-state index contributed by atoms with van der Waals surface area (Å²) in [6, 6.07) is 8.46. The van der Waals surface area contributed by atoms with Gasteiger partial charge in [0.1, 0.15) is 0 Å². The molecule has 1 saturated carbocycles. The summed E-state index contributed by atoms with van der Waals surface area (Å²) in [4.78, 5) is 11.9. The molecule has 0 radical (unpaired) electrons. The maximum absolute atomic E-state index is 11.9. The topological polar surface area (TPSA) is 49.3 Å². The molecule has 0 bridgehead atoms. The van der Waals surface area contributed by atoms with Gasteiger partial charge in [-0.15, -0.1) is 11.8 Å². The second-order valence-corrected chi connectivity index (χ2v) is 7.16. The fraction of sp³-hybridized carbons (Fsp3) is 0.562. The second kappa shape index (κ2) is 6.19. The highest BCUT2D eigenvalue weighted by Crippen LogP contribution is 2.40. The molecule has 2 N–H and O–H groups in total. The Bertz CT molecular complexity index is 487. The van der Waals surface area contributed by atoms with E-state index >= 15 is 0 Å². The molecule has 2 atom stereocenters. The summed E-state index contributed by atoms with van der Waals surface area (Å²) >= 11 is 1.63. The Labute approximate surface area is 125 Å². The number of carbonyl (C=O) groups is 1. The highest BCUT2D eigenvalue weighted by atomic mass is 32.2. The van der Waals surface area contributed by atoms with E-state index in [2.05, 4.69) is 30.4 Å². The van der Waals surface area contributed by atoms with E-state index in [0.717, 1.165) is 5.75 Å². The Morgan fingerprint density at radius 3 is 2.85 bits per heavy atom. The molecule has 2 unspecified atom stereocenters. The van der Waals surface area contributed by atoms with E-state index in [1.807, 2.05) is 19.9 Å². The van der Waals surface area contributed by atoms with Crippen LogP contribution < -0.4 is 5.32 Å². The van der Waals surface area contributed by atoms with Crippen LogP contribution in [-0.2, 0) is 10.5 Å². The van der Waals surface area contributed by atoms with Crippen LogP contribution in [0.15, 0.2) is 24.3 Å². The summed E-state index contributed by atoms with van der Waals surface area (Å²) < 4.78 is 0. The number of aliphatic hydroxyl groups excluding tert-OH is 1. The summed E-state index contributed by atoms with van der Waals surface area (Å²) in [6.45, 7) is 6.06. The van der Waals surface area contributed by atoms with Gasteiger partial charge in [-0.3, -0.25) is 4.79 Å². The molecule has 110 valence electrons. The van der Waals surface area contributed by atoms with Gasteiger partial charge in [0.05, 0.1) is 11.9 Å². The van der Waals surface area contributed by atoms with Crippen molar-refractivity contribution in [2.75, 3.05) is 5.75 Å². The van der Waals surface area contributed by atoms with Crippen LogP contribution in [0, 0.1) is 12.3 Å². The Kier molecular flexibility index (Phi) is 4.76. The lowest BCUT2D eigenvalue weighted by Gasteiger charge is -2.49. The number of thioether (sulfide) groups is 1. The molecule has 1 aliphatic carbocycles. The highest BCUT2D eigenvalue weighted by Gasteiger charge is 2.47. The Hall–Kier alpha value is -1.00. The van der Waals surface area contributed by atoms with E-state index in [0.29, 0.717) is 12.2 Å². The van der Waals surface area contributed by atoms with E-state index in [1.165, 1.54) is 11.1 Å². The van der Waals surface area contributed by atoms with Gasteiger partial charge in [-0.2, -0.15) is 0 Å². The summed E-state index contributed by atoms with van der Waals surface area (Å²) in [6.07, 6.45) is 0.370. The number of aliphatic hydroxyl groups is 1. The molecule has 1 aromatic rings. The Balaban J connectivity index is 1.71. The smallest absolute Gasteiger partial charge is 0.230 e. The first-order valence-corrected chi connectivity index (χ1v) is 8.16. The molecule has 0 saturated heterocycles. The molecule has 3 nitrogen and oxygen atoms in total. The van der Waals surface area contributed by atoms with Crippen molar-refractivity contribution in [3.05, 3.63) is 35.4 Å². The van der Waals surface area contributed by atoms with E-state index in [1.54, 1.807) is 11.8 Å². The van der Waals surface area contributed by atoms with Crippen molar-refractivity contribution in [1.82, 2.24) is 5.32 Å². The van der Waals surface area contributed by atoms with Gasteiger partial charge < -0.3 is 10.4 Å². The molecule has 4 heteroatoms. The quantitative estimate of drug-likeness (QED) is 0.877. The number of hydrogen-bond donors (Lipinski definition) is 2. The number of hydrogen-bond acceptors (Lipinski definition) is 3. The van der Waals surface area contributed by atoms with Crippen molar-refractivity contribution >= 4 is 17.7 Å². The molecular formula is C16H23NO2S. The maximum atomic E-state index is 11.9. The van der Waals surface area contributed by atoms with Crippen LogP contribution in [0.1, 0.15) is 31.4 Å². The lowest BCUT2D eigenvalue weighted by molar-refractivity contribution is -0.126. The van der Waals surface area contributed by atoms with Crippen molar-refractivity contribution in [1.29, 1.82) is 0 Å². The molecule has 1 fully saturated rings. The molecule has 1 aliphatic rings. The summed E-state index contributed by atoms with van der Waals surface area (Å²) in [7, 11) is 0. The van der Waals surface area contributed by atoms with Gasteiger partial charge in [0.25, 0.3) is 0 Å². The second-order valence-electron chi connectivity index (χ2n) is 6.17. The molecule has 0 heterocycles. The monoisotopic (exact) mass is 293 g/mol. The van der Waals surface area contributed by atoms with Crippen LogP contribution in [0.5, 0.6) is 0 Å². The number of carbonyl (C=O) groups excluding carboxylic acids is 1. The summed E-state index contributed by atoms with van der Waals surface area (Å²) in [5.74, 6) is 1.38. The average Bonchev–Trinajstić information content (AvgIpc) is 2.38. The number of aryl methyl sites for hydroxylation is 1. The summed E-state index contributed by atoms with van der Waals surface area (Å²) in [5, 5.41) is 12.7. The molecular weight excluding hydrogens is 270 g/mol. The van der Waals surface area contributed by atoms with Gasteiger partial charge in [0, 0.05) is 17.2 Å². The molecule has 0 spiro atoms. The zero-order valence-electron chi connectivity index (χ0n) is 12.3. The van der Waals surface area contributed by atoms with Crippen LogP contribution in [0.2, 0.25) is 0 Å². The Morgan fingerprint density at radius 2 is 2.25 bits per heavy atom. The highest BCUT2D eigenvalue weighted by molar-refractivity contribution is 7.99. The van der Waals surface area contributed by atoms with Crippen LogP contribution in [0.3, 0.4) is 0 Å². The van der Waals surface area contributed by atoms with Gasteiger partial charge in [-0.05, 0) is 18.9 Å². The van der Waals surface area contributed by atoms with Gasteiger partial charge in [0.15, 0.2) is 0 Å². The first kappa shape index (κ1) is 15.4. The van der Waals surface area contributed by atoms with Gasteiger partial charge in [-0.25, -0.2) is 0 Å². The van der Waals surface area contributed by atoms with E-state index in [4.69, 9.17) is 0 Å². The molecule has 0 aliphatic heterocycles. The number of amides is 1. The lowest BCUT2D eigenvalue weighted by Crippen LogP contribution is -2.61. The van der Waals surface area contributed by atoms with Crippen LogP contribution in [-0.4, -0.2) is 28.9 Å². The van der Waals surface area contributed by atoms with Crippen LogP contribution >= 0.6 is 11.8 Å². The largest absolute Gasteiger partial charge is 0.392 e. The minimum Gasteiger partial charge on any atom is -0.392 e. The number of nitrogens with one attached hydrogen (secondary N) is 1. The fourth-order valence-corrected chi connectivity index (χ4v) is 3.23.